The molecule has 1 aromatic carbocycles. The monoisotopic (exact) mass is 267 g/mol. The maximum absolute atomic E-state index is 11.0. The Labute approximate surface area is 99.9 Å². The summed E-state index contributed by atoms with van der Waals surface area (Å²) in [5.41, 5.74) is -0.537. The van der Waals surface area contributed by atoms with Crippen LogP contribution >= 0.6 is 34.8 Å². The molecule has 0 unspecified atom stereocenters. The lowest BCUT2D eigenvalue weighted by atomic mass is 10.1. The summed E-state index contributed by atoms with van der Waals surface area (Å²) in [6.07, 6.45) is 0. The van der Waals surface area contributed by atoms with Gasteiger partial charge in [0.05, 0.1) is 4.92 Å². The number of hydrogen-bond donors (Lipinski definition) is 0. The number of nitro groups is 1. The van der Waals surface area contributed by atoms with Crippen molar-refractivity contribution >= 4 is 45.7 Å². The molecule has 0 heterocycles. The topological polar surface area (TPSA) is 60.2 Å². The van der Waals surface area contributed by atoms with Crippen LogP contribution in [0.1, 0.15) is 15.9 Å². The predicted octanol–water partition coefficient (Wildman–Crippen LogP) is 3.59. The minimum absolute atomic E-state index is 0.162. The zero-order chi connectivity index (χ0) is 11.7. The van der Waals surface area contributed by atoms with E-state index >= 15 is 0 Å². The number of nitro benzene ring substituents is 1. The molecule has 0 aromatic heterocycles. The summed E-state index contributed by atoms with van der Waals surface area (Å²) in [5, 5.41) is 9.68. The van der Waals surface area contributed by atoms with Gasteiger partial charge in [-0.25, -0.2) is 0 Å². The molecule has 80 valence electrons. The summed E-state index contributed by atoms with van der Waals surface area (Å²) < 4.78 is 0. The van der Waals surface area contributed by atoms with Gasteiger partial charge in [0, 0.05) is 5.02 Å². The molecule has 0 atom stereocenters. The van der Waals surface area contributed by atoms with Gasteiger partial charge in [-0.05, 0) is 30.2 Å². The van der Waals surface area contributed by atoms with E-state index in [1.54, 1.807) is 0 Å². The van der Waals surface area contributed by atoms with E-state index in [1.165, 1.54) is 13.0 Å². The normalized spacial score (nSPS) is 10.1. The predicted molar refractivity (Wildman–Crippen MR) is 58.0 cm³/mol. The fourth-order valence-corrected chi connectivity index (χ4v) is 1.89. The molecular formula is C8H4Cl3NO3. The van der Waals surface area contributed by atoms with Crippen molar-refractivity contribution in [3.05, 3.63) is 37.4 Å². The van der Waals surface area contributed by atoms with Crippen LogP contribution in [0.15, 0.2) is 6.07 Å². The second-order valence-corrected chi connectivity index (χ2v) is 3.88. The van der Waals surface area contributed by atoms with Crippen LogP contribution < -0.4 is 0 Å². The second-order valence-electron chi connectivity index (χ2n) is 2.72. The fourth-order valence-electron chi connectivity index (χ4n) is 1.12. The lowest BCUT2D eigenvalue weighted by Gasteiger charge is -2.05. The lowest BCUT2D eigenvalue weighted by molar-refractivity contribution is -0.385. The smallest absolute Gasteiger partial charge is 0.275 e. The van der Waals surface area contributed by atoms with Gasteiger partial charge in [0.15, 0.2) is 0 Å². The molecule has 0 aliphatic carbocycles. The Morgan fingerprint density at radius 3 is 2.33 bits per heavy atom. The van der Waals surface area contributed by atoms with Crippen LogP contribution in [0, 0.1) is 17.0 Å². The van der Waals surface area contributed by atoms with Crippen molar-refractivity contribution < 1.29 is 9.72 Å². The van der Waals surface area contributed by atoms with Crippen LogP contribution in [0.3, 0.4) is 0 Å². The highest BCUT2D eigenvalue weighted by Gasteiger charge is 2.26. The number of benzene rings is 1. The summed E-state index contributed by atoms with van der Waals surface area (Å²) in [6.45, 7) is 1.46. The van der Waals surface area contributed by atoms with Gasteiger partial charge in [0.25, 0.3) is 10.9 Å². The van der Waals surface area contributed by atoms with E-state index in [0.29, 0.717) is 0 Å². The highest BCUT2D eigenvalue weighted by atomic mass is 35.5. The average Bonchev–Trinajstić information content (AvgIpc) is 2.09. The molecule has 0 bridgehead atoms. The average molecular weight is 268 g/mol. The van der Waals surface area contributed by atoms with Crippen molar-refractivity contribution in [1.82, 2.24) is 0 Å². The molecule has 0 aliphatic rings. The maximum Gasteiger partial charge on any atom is 0.300 e. The van der Waals surface area contributed by atoms with Gasteiger partial charge >= 0.3 is 0 Å². The molecule has 0 amide bonds. The first-order valence-corrected chi connectivity index (χ1v) is 4.82. The van der Waals surface area contributed by atoms with Crippen molar-refractivity contribution in [2.75, 3.05) is 0 Å². The molecule has 4 nitrogen and oxygen atoms in total. The molecule has 0 radical (unpaired) electrons. The van der Waals surface area contributed by atoms with Gasteiger partial charge in [-0.3, -0.25) is 14.9 Å². The van der Waals surface area contributed by atoms with Crippen molar-refractivity contribution in [2.24, 2.45) is 0 Å². The Morgan fingerprint density at radius 1 is 1.40 bits per heavy atom. The highest BCUT2D eigenvalue weighted by molar-refractivity contribution is 6.68. The van der Waals surface area contributed by atoms with Crippen LogP contribution in [-0.2, 0) is 0 Å². The van der Waals surface area contributed by atoms with Gasteiger partial charge in [0.1, 0.15) is 10.6 Å². The Morgan fingerprint density at radius 2 is 1.93 bits per heavy atom. The summed E-state index contributed by atoms with van der Waals surface area (Å²) in [4.78, 5) is 21.0. The third kappa shape index (κ3) is 2.22. The quantitative estimate of drug-likeness (QED) is 0.468. The highest BCUT2D eigenvalue weighted by Crippen LogP contribution is 2.36. The summed E-state index contributed by atoms with van der Waals surface area (Å²) in [6, 6.07) is 1.21. The molecule has 7 heteroatoms. The first-order chi connectivity index (χ1) is 6.86. The van der Waals surface area contributed by atoms with E-state index in [4.69, 9.17) is 34.8 Å². The number of nitrogens with zero attached hydrogens (tertiary/aromatic N) is 1. The van der Waals surface area contributed by atoms with Gasteiger partial charge in [-0.15, -0.1) is 0 Å². The van der Waals surface area contributed by atoms with Crippen LogP contribution in [0.4, 0.5) is 5.69 Å². The van der Waals surface area contributed by atoms with E-state index in [0.717, 1.165) is 0 Å². The zero-order valence-corrected chi connectivity index (χ0v) is 9.65. The SMILES string of the molecule is Cc1c(Cl)cc(Cl)c([N+](=O)[O-])c1C(=O)Cl. The van der Waals surface area contributed by atoms with Gasteiger partial charge < -0.3 is 0 Å². The molecule has 0 fully saturated rings. The Hall–Kier alpha value is -0.840. The van der Waals surface area contributed by atoms with E-state index in [1.807, 2.05) is 0 Å². The first kappa shape index (κ1) is 12.2. The number of rotatable bonds is 2. The largest absolute Gasteiger partial charge is 0.300 e. The summed E-state index contributed by atoms with van der Waals surface area (Å²) >= 11 is 16.6. The summed E-state index contributed by atoms with van der Waals surface area (Å²) in [5.74, 6) is 0. The van der Waals surface area contributed by atoms with E-state index in [9.17, 15) is 14.9 Å². The number of halogens is 3. The van der Waals surface area contributed by atoms with E-state index in [2.05, 4.69) is 0 Å². The van der Waals surface area contributed by atoms with Crippen molar-refractivity contribution in [2.45, 2.75) is 6.92 Å². The molecule has 0 spiro atoms. The third-order valence-corrected chi connectivity index (χ3v) is 2.70. The van der Waals surface area contributed by atoms with Crippen molar-refractivity contribution in [3.63, 3.8) is 0 Å². The molecule has 0 N–H and O–H groups in total. The standard InChI is InChI=1S/C8H4Cl3NO3/c1-3-4(9)2-5(10)7(12(14)15)6(3)8(11)13/h2H,1H3. The Bertz CT molecular complexity index is 459. The summed E-state index contributed by atoms with van der Waals surface area (Å²) in [7, 11) is 0. The minimum atomic E-state index is -0.955. The van der Waals surface area contributed by atoms with Gasteiger partial charge in [-0.2, -0.15) is 0 Å². The maximum atomic E-state index is 11.0. The number of carbonyl (C=O) groups is 1. The zero-order valence-electron chi connectivity index (χ0n) is 7.38. The molecule has 0 aliphatic heterocycles. The molecular weight excluding hydrogens is 264 g/mol. The van der Waals surface area contributed by atoms with Gasteiger partial charge in [0.2, 0.25) is 0 Å². The Kier molecular flexibility index (Phi) is 3.54. The number of hydrogen-bond acceptors (Lipinski definition) is 3. The van der Waals surface area contributed by atoms with E-state index < -0.39 is 15.9 Å². The molecule has 0 saturated carbocycles. The first-order valence-electron chi connectivity index (χ1n) is 3.69. The minimum Gasteiger partial charge on any atom is -0.275 e. The van der Waals surface area contributed by atoms with Crippen LogP contribution in [-0.4, -0.2) is 10.2 Å². The second kappa shape index (κ2) is 4.35. The van der Waals surface area contributed by atoms with Gasteiger partial charge in [-0.1, -0.05) is 23.2 Å². The van der Waals surface area contributed by atoms with Crippen molar-refractivity contribution in [3.8, 4) is 0 Å². The molecule has 1 rings (SSSR count). The van der Waals surface area contributed by atoms with Crippen molar-refractivity contribution in [1.29, 1.82) is 0 Å². The fraction of sp³-hybridized carbons (Fsp3) is 0.125. The van der Waals surface area contributed by atoms with E-state index in [-0.39, 0.29) is 21.2 Å². The molecule has 0 saturated heterocycles. The number of carbonyl (C=O) groups excluding carboxylic acids is 1. The molecule has 1 aromatic rings. The Balaban J connectivity index is 3.69. The third-order valence-electron chi connectivity index (χ3n) is 1.83. The molecule has 15 heavy (non-hydrogen) atoms. The van der Waals surface area contributed by atoms with Crippen LogP contribution in [0.25, 0.3) is 0 Å². The lowest BCUT2D eigenvalue weighted by Crippen LogP contribution is -2.02. The van der Waals surface area contributed by atoms with Crippen LogP contribution in [0.5, 0.6) is 0 Å². The van der Waals surface area contributed by atoms with Crippen LogP contribution in [0.2, 0.25) is 10.0 Å².